The Kier molecular flexibility index (Phi) is 6.63. The number of Topliss-reactive ketones (excluding diaryl/α,β-unsaturated/α-hetero) is 1. The predicted molar refractivity (Wildman–Crippen MR) is 108 cm³/mol. The SMILES string of the molecule is CCCC(=O)Nc1ccc(C(=O)[C@H](C)OC(=O)c2ccc(-n3cnnn3)cc2)cc1. The van der Waals surface area contributed by atoms with Crippen LogP contribution in [-0.4, -0.2) is 44.0 Å². The molecule has 0 fully saturated rings. The normalized spacial score (nSPS) is 11.5. The lowest BCUT2D eigenvalue weighted by atomic mass is 10.1. The zero-order valence-corrected chi connectivity index (χ0v) is 16.6. The van der Waals surface area contributed by atoms with E-state index in [1.165, 1.54) is 17.9 Å². The van der Waals surface area contributed by atoms with Gasteiger partial charge in [0.25, 0.3) is 0 Å². The Morgan fingerprint density at radius 2 is 1.70 bits per heavy atom. The lowest BCUT2D eigenvalue weighted by Crippen LogP contribution is -2.24. The summed E-state index contributed by atoms with van der Waals surface area (Å²) >= 11 is 0. The third-order valence-corrected chi connectivity index (χ3v) is 4.30. The van der Waals surface area contributed by atoms with Crippen molar-refractivity contribution in [2.45, 2.75) is 32.8 Å². The van der Waals surface area contributed by atoms with Crippen molar-refractivity contribution in [2.75, 3.05) is 5.32 Å². The van der Waals surface area contributed by atoms with E-state index in [0.29, 0.717) is 28.9 Å². The predicted octanol–water partition coefficient (Wildman–Crippen LogP) is 2.83. The maximum Gasteiger partial charge on any atom is 0.338 e. The van der Waals surface area contributed by atoms with E-state index in [9.17, 15) is 14.4 Å². The molecule has 9 nitrogen and oxygen atoms in total. The van der Waals surface area contributed by atoms with Crippen molar-refractivity contribution in [2.24, 2.45) is 0 Å². The first-order valence-corrected chi connectivity index (χ1v) is 9.46. The monoisotopic (exact) mass is 407 g/mol. The van der Waals surface area contributed by atoms with Crippen LogP contribution in [0.3, 0.4) is 0 Å². The third-order valence-electron chi connectivity index (χ3n) is 4.30. The highest BCUT2D eigenvalue weighted by molar-refractivity contribution is 6.02. The molecule has 9 heteroatoms. The van der Waals surface area contributed by atoms with Gasteiger partial charge in [-0.15, -0.1) is 5.10 Å². The number of anilines is 1. The van der Waals surface area contributed by atoms with Gasteiger partial charge in [-0.3, -0.25) is 9.59 Å². The van der Waals surface area contributed by atoms with E-state index < -0.39 is 12.1 Å². The quantitative estimate of drug-likeness (QED) is 0.451. The van der Waals surface area contributed by atoms with Crippen molar-refractivity contribution in [3.63, 3.8) is 0 Å². The Balaban J connectivity index is 1.59. The van der Waals surface area contributed by atoms with Crippen molar-refractivity contribution in [1.82, 2.24) is 20.2 Å². The van der Waals surface area contributed by atoms with Crippen molar-refractivity contribution in [1.29, 1.82) is 0 Å². The second kappa shape index (κ2) is 9.55. The molecule has 0 saturated carbocycles. The number of ether oxygens (including phenoxy) is 1. The van der Waals surface area contributed by atoms with Gasteiger partial charge in [-0.2, -0.15) is 0 Å². The number of carbonyl (C=O) groups is 3. The average Bonchev–Trinajstić information content (AvgIpc) is 3.29. The maximum absolute atomic E-state index is 12.6. The molecule has 2 aromatic carbocycles. The molecule has 1 atom stereocenters. The molecule has 1 amide bonds. The van der Waals surface area contributed by atoms with E-state index in [2.05, 4.69) is 20.8 Å². The summed E-state index contributed by atoms with van der Waals surface area (Å²) in [5, 5.41) is 13.6. The molecule has 0 radical (unpaired) electrons. The van der Waals surface area contributed by atoms with Gasteiger partial charge in [0.2, 0.25) is 11.7 Å². The first-order valence-electron chi connectivity index (χ1n) is 9.46. The molecular formula is C21H21N5O4. The number of amides is 1. The summed E-state index contributed by atoms with van der Waals surface area (Å²) in [6.45, 7) is 3.44. The smallest absolute Gasteiger partial charge is 0.338 e. The molecular weight excluding hydrogens is 386 g/mol. The van der Waals surface area contributed by atoms with Crippen molar-refractivity contribution < 1.29 is 19.1 Å². The maximum atomic E-state index is 12.6. The molecule has 0 unspecified atom stereocenters. The van der Waals surface area contributed by atoms with Crippen LogP contribution in [-0.2, 0) is 9.53 Å². The Morgan fingerprint density at radius 3 is 2.30 bits per heavy atom. The van der Waals surface area contributed by atoms with Gasteiger partial charge >= 0.3 is 5.97 Å². The zero-order chi connectivity index (χ0) is 21.5. The molecule has 30 heavy (non-hydrogen) atoms. The number of tetrazole rings is 1. The first-order chi connectivity index (χ1) is 14.5. The van der Waals surface area contributed by atoms with Gasteiger partial charge in [0.1, 0.15) is 6.33 Å². The van der Waals surface area contributed by atoms with E-state index in [-0.39, 0.29) is 11.7 Å². The molecule has 3 aromatic rings. The number of hydrogen-bond donors (Lipinski definition) is 1. The topological polar surface area (TPSA) is 116 Å². The fraction of sp³-hybridized carbons (Fsp3) is 0.238. The highest BCUT2D eigenvalue weighted by atomic mass is 16.5. The standard InChI is InChI=1S/C21H21N5O4/c1-3-4-19(27)23-17-9-5-15(6-10-17)20(28)14(2)30-21(29)16-7-11-18(12-8-16)26-13-22-24-25-26/h5-14H,3-4H2,1-2H3,(H,23,27)/t14-/m0/s1. The van der Waals surface area contributed by atoms with E-state index in [1.54, 1.807) is 48.5 Å². The number of nitrogens with zero attached hydrogens (tertiary/aromatic N) is 4. The van der Waals surface area contributed by atoms with Crippen molar-refractivity contribution in [3.8, 4) is 5.69 Å². The summed E-state index contributed by atoms with van der Waals surface area (Å²) in [6.07, 6.45) is 1.67. The van der Waals surface area contributed by atoms with Crippen LogP contribution < -0.4 is 5.32 Å². The summed E-state index contributed by atoms with van der Waals surface area (Å²) in [5.74, 6) is -1.02. The van der Waals surface area contributed by atoms with Crippen molar-refractivity contribution >= 4 is 23.3 Å². The molecule has 0 saturated heterocycles. The summed E-state index contributed by atoms with van der Waals surface area (Å²) in [6, 6.07) is 13.0. The number of nitrogens with one attached hydrogen (secondary N) is 1. The Hall–Kier alpha value is -3.88. The van der Waals surface area contributed by atoms with Crippen LogP contribution >= 0.6 is 0 Å². The summed E-state index contributed by atoms with van der Waals surface area (Å²) < 4.78 is 6.76. The summed E-state index contributed by atoms with van der Waals surface area (Å²) in [5.41, 5.74) is 1.99. The van der Waals surface area contributed by atoms with Gasteiger partial charge in [0, 0.05) is 17.7 Å². The average molecular weight is 407 g/mol. The minimum Gasteiger partial charge on any atom is -0.451 e. The number of carbonyl (C=O) groups excluding carboxylic acids is 3. The van der Waals surface area contributed by atoms with Gasteiger partial charge in [0.05, 0.1) is 11.3 Å². The number of ketones is 1. The van der Waals surface area contributed by atoms with Crippen LogP contribution in [0.2, 0.25) is 0 Å². The molecule has 1 heterocycles. The first kappa shape index (κ1) is 20.8. The van der Waals surface area contributed by atoms with Crippen molar-refractivity contribution in [3.05, 3.63) is 66.0 Å². The second-order valence-corrected chi connectivity index (χ2v) is 6.59. The van der Waals surface area contributed by atoms with E-state index in [4.69, 9.17) is 4.74 Å². The number of benzene rings is 2. The van der Waals surface area contributed by atoms with E-state index in [0.717, 1.165) is 6.42 Å². The molecule has 1 aromatic heterocycles. The number of aromatic nitrogens is 4. The number of hydrogen-bond acceptors (Lipinski definition) is 7. The van der Waals surface area contributed by atoms with Crippen LogP contribution in [0.15, 0.2) is 54.9 Å². The molecule has 154 valence electrons. The zero-order valence-electron chi connectivity index (χ0n) is 16.6. The Labute approximate surface area is 173 Å². The lowest BCUT2D eigenvalue weighted by molar-refractivity contribution is -0.116. The van der Waals surface area contributed by atoms with Gasteiger partial charge < -0.3 is 10.1 Å². The molecule has 0 aliphatic heterocycles. The highest BCUT2D eigenvalue weighted by Crippen LogP contribution is 2.15. The number of esters is 1. The molecule has 0 aliphatic carbocycles. The summed E-state index contributed by atoms with van der Waals surface area (Å²) in [7, 11) is 0. The van der Waals surface area contributed by atoms with Crippen LogP contribution in [0.5, 0.6) is 0 Å². The van der Waals surface area contributed by atoms with Crippen LogP contribution in [0.1, 0.15) is 47.4 Å². The van der Waals surface area contributed by atoms with Crippen LogP contribution in [0.25, 0.3) is 5.69 Å². The molecule has 0 bridgehead atoms. The molecule has 0 spiro atoms. The third kappa shape index (κ3) is 5.13. The van der Waals surface area contributed by atoms with E-state index >= 15 is 0 Å². The van der Waals surface area contributed by atoms with Crippen LogP contribution in [0.4, 0.5) is 5.69 Å². The van der Waals surface area contributed by atoms with Gasteiger partial charge in [-0.25, -0.2) is 9.48 Å². The summed E-state index contributed by atoms with van der Waals surface area (Å²) in [4.78, 5) is 36.6. The fourth-order valence-corrected chi connectivity index (χ4v) is 2.72. The molecule has 1 N–H and O–H groups in total. The minimum absolute atomic E-state index is 0.0787. The fourth-order valence-electron chi connectivity index (χ4n) is 2.72. The molecule has 0 aliphatic rings. The largest absolute Gasteiger partial charge is 0.451 e. The minimum atomic E-state index is -0.961. The Morgan fingerprint density at radius 1 is 1.03 bits per heavy atom. The Bertz CT molecular complexity index is 1010. The molecule has 3 rings (SSSR count). The van der Waals surface area contributed by atoms with E-state index in [1.807, 2.05) is 6.92 Å². The van der Waals surface area contributed by atoms with Crippen LogP contribution in [0, 0.1) is 0 Å². The second-order valence-electron chi connectivity index (χ2n) is 6.59. The van der Waals surface area contributed by atoms with Gasteiger partial charge in [0.15, 0.2) is 6.10 Å². The van der Waals surface area contributed by atoms with Gasteiger partial charge in [-0.05, 0) is 72.3 Å². The lowest BCUT2D eigenvalue weighted by Gasteiger charge is -2.13. The van der Waals surface area contributed by atoms with Gasteiger partial charge in [-0.1, -0.05) is 6.92 Å². The number of rotatable bonds is 8. The highest BCUT2D eigenvalue weighted by Gasteiger charge is 2.20.